The molecule has 0 saturated heterocycles. The molecule has 33 heavy (non-hydrogen) atoms. The molecule has 0 spiro atoms. The van der Waals surface area contributed by atoms with Crippen molar-refractivity contribution in [2.75, 3.05) is 0 Å². The number of hydrogen-bond acceptors (Lipinski definition) is 6. The van der Waals surface area contributed by atoms with E-state index < -0.39 is 0 Å². The predicted octanol–water partition coefficient (Wildman–Crippen LogP) is 5.15. The number of fused-ring (bicyclic) bond motifs is 1. The van der Waals surface area contributed by atoms with Gasteiger partial charge in [-0.25, -0.2) is 4.68 Å². The molecule has 3 heterocycles. The monoisotopic (exact) mass is 462 g/mol. The highest BCUT2D eigenvalue weighted by atomic mass is 32.1. The van der Waals surface area contributed by atoms with Crippen molar-refractivity contribution in [3.8, 4) is 0 Å². The highest BCUT2D eigenvalue weighted by Gasteiger charge is 2.29. The molecule has 1 aromatic carbocycles. The summed E-state index contributed by atoms with van der Waals surface area (Å²) >= 11 is 1.74. The largest absolute Gasteiger partial charge is 0.322 e. The number of aromatic amines is 1. The summed E-state index contributed by atoms with van der Waals surface area (Å²) in [5, 5.41) is 16.1. The molecule has 0 bridgehead atoms. The van der Waals surface area contributed by atoms with E-state index >= 15 is 0 Å². The van der Waals surface area contributed by atoms with E-state index in [1.165, 1.54) is 23.3 Å². The molecule has 0 radical (unpaired) electrons. The Labute approximate surface area is 197 Å². The number of tetrazole rings is 1. The summed E-state index contributed by atoms with van der Waals surface area (Å²) in [6.07, 6.45) is 5.58. The Balaban J connectivity index is 1.52. The van der Waals surface area contributed by atoms with Gasteiger partial charge < -0.3 is 4.98 Å². The lowest BCUT2D eigenvalue weighted by molar-refractivity contribution is 0.159. The van der Waals surface area contributed by atoms with Crippen LogP contribution < -0.4 is 5.56 Å². The number of nitrogens with one attached hydrogen (secondary N) is 1. The van der Waals surface area contributed by atoms with E-state index in [0.29, 0.717) is 12.6 Å². The number of benzene rings is 1. The van der Waals surface area contributed by atoms with Crippen LogP contribution in [0.1, 0.15) is 72.9 Å². The molecule has 1 N–H and O–H groups in total. The first-order valence-electron chi connectivity index (χ1n) is 11.8. The fourth-order valence-electron chi connectivity index (χ4n) is 5.02. The van der Waals surface area contributed by atoms with Gasteiger partial charge in [0.2, 0.25) is 0 Å². The first-order chi connectivity index (χ1) is 16.1. The SMILES string of the molecule is CC[C@H](c1nnnn1C1CCCC1)N(Cc1cccs1)Cc1cc2cc(C)ccc2[nH]c1=O. The molecule has 4 aromatic rings. The number of aryl methyl sites for hydroxylation is 1. The van der Waals surface area contributed by atoms with E-state index in [9.17, 15) is 4.79 Å². The van der Waals surface area contributed by atoms with E-state index in [2.05, 4.69) is 67.5 Å². The molecule has 1 aliphatic carbocycles. The molecule has 8 heteroatoms. The molecule has 1 aliphatic rings. The van der Waals surface area contributed by atoms with Crippen LogP contribution in [0.15, 0.2) is 46.6 Å². The molecular weight excluding hydrogens is 432 g/mol. The lowest BCUT2D eigenvalue weighted by atomic mass is 10.1. The molecular formula is C25H30N6OS. The number of hydrogen-bond donors (Lipinski definition) is 1. The second-order valence-corrected chi connectivity index (χ2v) is 10.1. The van der Waals surface area contributed by atoms with Crippen LogP contribution in [0.25, 0.3) is 10.9 Å². The standard InChI is InChI=1S/C25H30N6OS/c1-3-23(24-27-28-29-31(24)20-7-4-5-8-20)30(16-21-9-6-12-33-21)15-19-14-18-13-17(2)10-11-22(18)26-25(19)32/h6,9-14,20,23H,3-5,7-8,15-16H2,1-2H3,(H,26,32)/t23-/m1/s1. The van der Waals surface area contributed by atoms with Crippen LogP contribution in [0.3, 0.4) is 0 Å². The van der Waals surface area contributed by atoms with Gasteiger partial charge in [0.25, 0.3) is 5.56 Å². The molecule has 7 nitrogen and oxygen atoms in total. The Hall–Kier alpha value is -2.84. The van der Waals surface area contributed by atoms with Gasteiger partial charge in [0.1, 0.15) is 0 Å². The van der Waals surface area contributed by atoms with Crippen LogP contribution in [0.2, 0.25) is 0 Å². The Kier molecular flexibility index (Phi) is 6.37. The molecule has 172 valence electrons. The zero-order valence-corrected chi connectivity index (χ0v) is 20.0. The van der Waals surface area contributed by atoms with Gasteiger partial charge in [0.05, 0.1) is 12.1 Å². The van der Waals surface area contributed by atoms with Crippen LogP contribution in [0, 0.1) is 6.92 Å². The maximum absolute atomic E-state index is 13.0. The van der Waals surface area contributed by atoms with Crippen molar-refractivity contribution in [3.63, 3.8) is 0 Å². The van der Waals surface area contributed by atoms with Crippen molar-refractivity contribution in [2.45, 2.75) is 71.1 Å². The van der Waals surface area contributed by atoms with Crippen LogP contribution >= 0.6 is 11.3 Å². The van der Waals surface area contributed by atoms with E-state index in [0.717, 1.165) is 48.1 Å². The van der Waals surface area contributed by atoms with Crippen molar-refractivity contribution in [1.29, 1.82) is 0 Å². The zero-order valence-electron chi connectivity index (χ0n) is 19.2. The molecule has 3 aromatic heterocycles. The minimum atomic E-state index is -0.0345. The normalized spacial score (nSPS) is 15.6. The quantitative estimate of drug-likeness (QED) is 0.392. The summed E-state index contributed by atoms with van der Waals surface area (Å²) in [5.74, 6) is 0.911. The molecule has 5 rings (SSSR count). The van der Waals surface area contributed by atoms with Crippen molar-refractivity contribution >= 4 is 22.2 Å². The maximum Gasteiger partial charge on any atom is 0.252 e. The number of H-pyrrole nitrogens is 1. The van der Waals surface area contributed by atoms with E-state index in [1.807, 2.05) is 18.2 Å². The van der Waals surface area contributed by atoms with Gasteiger partial charge in [-0.15, -0.1) is 16.4 Å². The third-order valence-corrected chi connectivity index (χ3v) is 7.56. The zero-order chi connectivity index (χ0) is 22.8. The predicted molar refractivity (Wildman–Crippen MR) is 131 cm³/mol. The third kappa shape index (κ3) is 4.63. The molecule has 1 atom stereocenters. The van der Waals surface area contributed by atoms with Crippen molar-refractivity contribution in [1.82, 2.24) is 30.1 Å². The summed E-state index contributed by atoms with van der Waals surface area (Å²) in [5.41, 5.74) is 2.78. The lowest BCUT2D eigenvalue weighted by Gasteiger charge is -2.30. The Morgan fingerprint density at radius 3 is 2.82 bits per heavy atom. The molecule has 1 saturated carbocycles. The van der Waals surface area contributed by atoms with Crippen LogP contribution in [-0.4, -0.2) is 30.1 Å². The number of aromatic nitrogens is 5. The second-order valence-electron chi connectivity index (χ2n) is 9.04. The van der Waals surface area contributed by atoms with Gasteiger partial charge in [0.15, 0.2) is 5.82 Å². The van der Waals surface area contributed by atoms with Gasteiger partial charge >= 0.3 is 0 Å². The number of thiophene rings is 1. The maximum atomic E-state index is 13.0. The van der Waals surface area contributed by atoms with Crippen LogP contribution in [-0.2, 0) is 13.1 Å². The average molecular weight is 463 g/mol. The average Bonchev–Trinajstić information content (AvgIpc) is 3.58. The van der Waals surface area contributed by atoms with E-state index in [4.69, 9.17) is 0 Å². The number of pyridine rings is 1. The minimum absolute atomic E-state index is 0.0234. The molecule has 0 unspecified atom stereocenters. The van der Waals surface area contributed by atoms with Crippen molar-refractivity contribution in [3.05, 3.63) is 74.0 Å². The molecule has 0 aliphatic heterocycles. The lowest BCUT2D eigenvalue weighted by Crippen LogP contribution is -2.32. The van der Waals surface area contributed by atoms with E-state index in [1.54, 1.807) is 11.3 Å². The summed E-state index contributed by atoms with van der Waals surface area (Å²) in [6.45, 7) is 5.53. The fraction of sp³-hybridized carbons (Fsp3) is 0.440. The van der Waals surface area contributed by atoms with Gasteiger partial charge in [-0.1, -0.05) is 37.5 Å². The Bertz CT molecular complexity index is 1270. The van der Waals surface area contributed by atoms with Gasteiger partial charge in [0, 0.05) is 29.0 Å². The number of nitrogens with zero attached hydrogens (tertiary/aromatic N) is 5. The van der Waals surface area contributed by atoms with E-state index in [-0.39, 0.29) is 11.6 Å². The smallest absolute Gasteiger partial charge is 0.252 e. The Morgan fingerprint density at radius 2 is 2.06 bits per heavy atom. The highest BCUT2D eigenvalue weighted by molar-refractivity contribution is 7.09. The highest BCUT2D eigenvalue weighted by Crippen LogP contribution is 2.33. The molecule has 0 amide bonds. The first kappa shape index (κ1) is 22.0. The summed E-state index contributed by atoms with van der Waals surface area (Å²) < 4.78 is 2.05. The number of rotatable bonds is 8. The fourth-order valence-corrected chi connectivity index (χ4v) is 5.75. The minimum Gasteiger partial charge on any atom is -0.322 e. The summed E-state index contributed by atoms with van der Waals surface area (Å²) in [7, 11) is 0. The molecule has 1 fully saturated rings. The van der Waals surface area contributed by atoms with Crippen LogP contribution in [0.4, 0.5) is 0 Å². The van der Waals surface area contributed by atoms with Crippen molar-refractivity contribution in [2.24, 2.45) is 0 Å². The topological polar surface area (TPSA) is 79.7 Å². The van der Waals surface area contributed by atoms with Crippen LogP contribution in [0.5, 0.6) is 0 Å². The van der Waals surface area contributed by atoms with Gasteiger partial charge in [-0.3, -0.25) is 9.69 Å². The second kappa shape index (κ2) is 9.57. The third-order valence-electron chi connectivity index (χ3n) is 6.70. The summed E-state index contributed by atoms with van der Waals surface area (Å²) in [6, 6.07) is 12.8. The van der Waals surface area contributed by atoms with Gasteiger partial charge in [-0.05, 0) is 71.6 Å². The first-order valence-corrected chi connectivity index (χ1v) is 12.7. The summed E-state index contributed by atoms with van der Waals surface area (Å²) in [4.78, 5) is 19.7. The van der Waals surface area contributed by atoms with Gasteiger partial charge in [-0.2, -0.15) is 0 Å². The van der Waals surface area contributed by atoms with Crippen molar-refractivity contribution < 1.29 is 0 Å². The Morgan fingerprint density at radius 1 is 1.21 bits per heavy atom.